The molecule has 0 bridgehead atoms. The molecule has 0 saturated carbocycles. The molecule has 15 nitrogen and oxygen atoms in total. The number of pyridine rings is 7. The molecule has 9 aromatic rings. The molecule has 0 radical (unpaired) electrons. The number of hydrogen-bond acceptors (Lipinski definition) is 15. The molecule has 7 heterocycles. The van der Waals surface area contributed by atoms with E-state index in [2.05, 4.69) is 44.2 Å². The van der Waals surface area contributed by atoms with Crippen LogP contribution in [0, 0.1) is 13.8 Å². The first-order valence-corrected chi connectivity index (χ1v) is 25.9. The second kappa shape index (κ2) is 28.3. The Balaban J connectivity index is 0.662. The van der Waals surface area contributed by atoms with Crippen molar-refractivity contribution in [2.75, 3.05) is 67.1 Å². The summed E-state index contributed by atoms with van der Waals surface area (Å²) in [6.07, 6.45) is 3.62. The standard InChI is InChI=1S/C63H63N7O8/c1-44-8-5-10-60(66-44)61-11-6-9-52(68-61)42-77-32-28-73-26-30-75-40-46-14-24-56(64-38-46)58-12-7-13-59(70-58)57-25-15-47(39-65-57)41-76-31-27-74-29-33-78-43-53-35-51(49-18-22-55(72-4)23-19-49)37-63(69-53)62-36-50(34-45(2)67-62)48-16-20-54(71-3)21-17-48/h5-25,34-39H,26-33,40-43H2,1-4H3. The molecule has 0 spiro atoms. The Hall–Kier alpha value is -8.15. The summed E-state index contributed by atoms with van der Waals surface area (Å²) in [5.41, 5.74) is 15.7. The van der Waals surface area contributed by atoms with Gasteiger partial charge in [0, 0.05) is 23.8 Å². The maximum atomic E-state index is 6.08. The summed E-state index contributed by atoms with van der Waals surface area (Å²) in [5.74, 6) is 1.59. The van der Waals surface area contributed by atoms with E-state index in [4.69, 9.17) is 52.8 Å². The Kier molecular flexibility index (Phi) is 19.8. The number of hydrogen-bond donors (Lipinski definition) is 0. The van der Waals surface area contributed by atoms with E-state index in [9.17, 15) is 0 Å². The first-order chi connectivity index (χ1) is 38.3. The number of benzene rings is 2. The molecule has 0 N–H and O–H groups in total. The molecule has 0 unspecified atom stereocenters. The van der Waals surface area contributed by atoms with Gasteiger partial charge in [0.2, 0.25) is 0 Å². The van der Waals surface area contributed by atoms with Crippen molar-refractivity contribution in [1.82, 2.24) is 34.9 Å². The van der Waals surface area contributed by atoms with E-state index >= 15 is 0 Å². The molecule has 0 fully saturated rings. The maximum Gasteiger partial charge on any atom is 0.118 e. The van der Waals surface area contributed by atoms with Gasteiger partial charge in [0.05, 0.1) is 150 Å². The van der Waals surface area contributed by atoms with Crippen LogP contribution in [0.3, 0.4) is 0 Å². The van der Waals surface area contributed by atoms with E-state index in [0.717, 1.165) is 113 Å². The summed E-state index contributed by atoms with van der Waals surface area (Å²) >= 11 is 0. The lowest BCUT2D eigenvalue weighted by Gasteiger charge is -2.12. The van der Waals surface area contributed by atoms with Gasteiger partial charge in [-0.05, 0) is 144 Å². The number of rotatable bonds is 28. The first kappa shape index (κ1) is 54.6. The quantitative estimate of drug-likeness (QED) is 0.0425. The fourth-order valence-electron chi connectivity index (χ4n) is 8.33. The zero-order chi connectivity index (χ0) is 53.7. The van der Waals surface area contributed by atoms with Crippen molar-refractivity contribution >= 4 is 0 Å². The van der Waals surface area contributed by atoms with Gasteiger partial charge in [0.25, 0.3) is 0 Å². The second-order valence-corrected chi connectivity index (χ2v) is 18.2. The summed E-state index contributed by atoms with van der Waals surface area (Å²) in [4.78, 5) is 33.3. The molecule has 0 aliphatic heterocycles. The zero-order valence-corrected chi connectivity index (χ0v) is 44.5. The van der Waals surface area contributed by atoms with Gasteiger partial charge in [-0.15, -0.1) is 0 Å². The molecular formula is C63H63N7O8. The molecule has 7 aromatic heterocycles. The van der Waals surface area contributed by atoms with Gasteiger partial charge in [-0.25, -0.2) is 15.0 Å². The molecule has 0 amide bonds. The Morgan fingerprint density at radius 1 is 0.308 bits per heavy atom. The topological polar surface area (TPSA) is 164 Å². The minimum atomic E-state index is 0.304. The van der Waals surface area contributed by atoms with E-state index in [1.54, 1.807) is 14.2 Å². The third-order valence-electron chi connectivity index (χ3n) is 12.3. The van der Waals surface area contributed by atoms with Gasteiger partial charge < -0.3 is 37.9 Å². The maximum absolute atomic E-state index is 6.08. The van der Waals surface area contributed by atoms with Gasteiger partial charge in [0.15, 0.2) is 0 Å². The third kappa shape index (κ3) is 16.0. The van der Waals surface area contributed by atoms with Gasteiger partial charge in [-0.1, -0.05) is 54.6 Å². The zero-order valence-electron chi connectivity index (χ0n) is 44.5. The highest BCUT2D eigenvalue weighted by Gasteiger charge is 2.13. The highest BCUT2D eigenvalue weighted by Crippen LogP contribution is 2.31. The Labute approximate surface area is 455 Å². The third-order valence-corrected chi connectivity index (χ3v) is 12.3. The van der Waals surface area contributed by atoms with Crippen LogP contribution in [-0.4, -0.2) is 102 Å². The molecule has 398 valence electrons. The van der Waals surface area contributed by atoms with Crippen LogP contribution in [0.1, 0.15) is 33.9 Å². The summed E-state index contributed by atoms with van der Waals surface area (Å²) in [7, 11) is 3.33. The summed E-state index contributed by atoms with van der Waals surface area (Å²) in [5, 5.41) is 0. The lowest BCUT2D eigenvalue weighted by atomic mass is 10.0. The minimum absolute atomic E-state index is 0.304. The normalized spacial score (nSPS) is 11.2. The molecule has 0 saturated heterocycles. The van der Waals surface area contributed by atoms with Crippen molar-refractivity contribution in [3.8, 4) is 79.3 Å². The molecule has 78 heavy (non-hydrogen) atoms. The Morgan fingerprint density at radius 2 is 0.731 bits per heavy atom. The summed E-state index contributed by atoms with van der Waals surface area (Å²) in [6.45, 7) is 8.98. The van der Waals surface area contributed by atoms with E-state index in [-0.39, 0.29) is 0 Å². The van der Waals surface area contributed by atoms with Crippen LogP contribution in [0.2, 0.25) is 0 Å². The molecule has 0 aliphatic rings. The van der Waals surface area contributed by atoms with Crippen LogP contribution < -0.4 is 9.47 Å². The fraction of sp³-hybridized carbons (Fsp3) is 0.254. The SMILES string of the molecule is COc1ccc(-c2cc(C)nc(-c3cc(-c4ccc(OC)cc4)cc(COCCOCCOCc4ccc(-c5cccc(-c6ccc(COCCOCCOCc7cccc(-c8cccc(C)n8)n7)cn6)n5)nc4)n3)c2)cc1. The predicted molar refractivity (Wildman–Crippen MR) is 299 cm³/mol. The fourth-order valence-corrected chi connectivity index (χ4v) is 8.33. The van der Waals surface area contributed by atoms with Crippen molar-refractivity contribution in [3.63, 3.8) is 0 Å². The number of aryl methyl sites for hydroxylation is 2. The highest BCUT2D eigenvalue weighted by molar-refractivity contribution is 5.74. The molecular weight excluding hydrogens is 983 g/mol. The summed E-state index contributed by atoms with van der Waals surface area (Å²) < 4.78 is 45.9. The van der Waals surface area contributed by atoms with Crippen LogP contribution >= 0.6 is 0 Å². The number of aromatic nitrogens is 7. The number of ether oxygens (including phenoxy) is 8. The molecule has 0 atom stereocenters. The summed E-state index contributed by atoms with van der Waals surface area (Å²) in [6, 6.07) is 49.8. The van der Waals surface area contributed by atoms with Crippen LogP contribution in [0.15, 0.2) is 164 Å². The van der Waals surface area contributed by atoms with Crippen molar-refractivity contribution in [2.24, 2.45) is 0 Å². The molecule has 9 rings (SSSR count). The molecule has 15 heteroatoms. The number of nitrogens with zero attached hydrogens (tertiary/aromatic N) is 7. The second-order valence-electron chi connectivity index (χ2n) is 18.2. The van der Waals surface area contributed by atoms with E-state index in [1.165, 1.54) is 0 Å². The molecule has 0 aliphatic carbocycles. The minimum Gasteiger partial charge on any atom is -0.497 e. The van der Waals surface area contributed by atoms with Crippen molar-refractivity contribution < 1.29 is 37.9 Å². The van der Waals surface area contributed by atoms with Gasteiger partial charge in [-0.2, -0.15) is 0 Å². The van der Waals surface area contributed by atoms with Gasteiger partial charge >= 0.3 is 0 Å². The van der Waals surface area contributed by atoms with Gasteiger partial charge in [-0.3, -0.25) is 19.9 Å². The van der Waals surface area contributed by atoms with Crippen LogP contribution in [0.4, 0.5) is 0 Å². The van der Waals surface area contributed by atoms with Gasteiger partial charge in [0.1, 0.15) is 11.5 Å². The van der Waals surface area contributed by atoms with E-state index in [0.29, 0.717) is 79.3 Å². The van der Waals surface area contributed by atoms with Crippen LogP contribution in [0.25, 0.3) is 67.8 Å². The highest BCUT2D eigenvalue weighted by atomic mass is 16.5. The molecule has 2 aromatic carbocycles. The average molecular weight is 1050 g/mol. The lowest BCUT2D eigenvalue weighted by molar-refractivity contribution is 0.00650. The van der Waals surface area contributed by atoms with Crippen molar-refractivity contribution in [2.45, 2.75) is 40.3 Å². The van der Waals surface area contributed by atoms with Crippen molar-refractivity contribution in [1.29, 1.82) is 0 Å². The van der Waals surface area contributed by atoms with E-state index in [1.807, 2.05) is 154 Å². The Morgan fingerprint density at radius 3 is 1.24 bits per heavy atom. The lowest BCUT2D eigenvalue weighted by Crippen LogP contribution is -2.10. The monoisotopic (exact) mass is 1050 g/mol. The average Bonchev–Trinajstić information content (AvgIpc) is 3.49. The van der Waals surface area contributed by atoms with Crippen LogP contribution in [-0.2, 0) is 54.8 Å². The van der Waals surface area contributed by atoms with E-state index < -0.39 is 0 Å². The van der Waals surface area contributed by atoms with Crippen molar-refractivity contribution in [3.05, 3.63) is 198 Å². The number of methoxy groups -OCH3 is 2. The van der Waals surface area contributed by atoms with Crippen LogP contribution in [0.5, 0.6) is 11.5 Å². The predicted octanol–water partition coefficient (Wildman–Crippen LogP) is 11.6. The largest absolute Gasteiger partial charge is 0.497 e. The first-order valence-electron chi connectivity index (χ1n) is 25.9. The Bertz CT molecular complexity index is 3310. The smallest absolute Gasteiger partial charge is 0.118 e.